The average Bonchev–Trinajstić information content (AvgIpc) is 3.74. The Kier molecular flexibility index (Phi) is 6.55. The van der Waals surface area contributed by atoms with Gasteiger partial charge in [0.25, 0.3) is 0 Å². The van der Waals surface area contributed by atoms with Gasteiger partial charge in [-0.1, -0.05) is 29.8 Å². The van der Waals surface area contributed by atoms with E-state index >= 15 is 0 Å². The molecule has 4 aromatic rings. The molecule has 0 radical (unpaired) electrons. The highest BCUT2D eigenvalue weighted by Gasteiger charge is 2.45. The van der Waals surface area contributed by atoms with Gasteiger partial charge < -0.3 is 24.4 Å². The number of nitrogens with zero attached hydrogens (tertiary/aromatic N) is 3. The number of halogens is 1. The number of benzene rings is 2. The van der Waals surface area contributed by atoms with Gasteiger partial charge in [-0.25, -0.2) is 4.98 Å². The van der Waals surface area contributed by atoms with Gasteiger partial charge in [0.15, 0.2) is 5.43 Å². The lowest BCUT2D eigenvalue weighted by atomic mass is 9.75. The smallest absolute Gasteiger partial charge is 0.440 e. The molecule has 1 saturated heterocycles. The molecule has 2 N–H and O–H groups in total. The van der Waals surface area contributed by atoms with Crippen LogP contribution < -0.4 is 21.1 Å². The number of hydrogen-bond acceptors (Lipinski definition) is 8. The Hall–Kier alpha value is -3.82. The molecule has 0 unspecified atom stereocenters. The molecule has 3 aliphatic rings. The summed E-state index contributed by atoms with van der Waals surface area (Å²) in [6.45, 7) is 7.76. The fourth-order valence-corrected chi connectivity index (χ4v) is 6.53. The summed E-state index contributed by atoms with van der Waals surface area (Å²) < 4.78 is 11.6. The fraction of sp³-hybridized carbons (Fsp3) is 0.344. The maximum atomic E-state index is 13.7. The second-order valence-electron chi connectivity index (χ2n) is 12.0. The number of rotatable bonds is 5. The van der Waals surface area contributed by atoms with E-state index in [0.29, 0.717) is 44.1 Å². The minimum atomic E-state index is -1.11. The number of aromatic nitrogens is 1. The third kappa shape index (κ3) is 4.74. The van der Waals surface area contributed by atoms with E-state index in [4.69, 9.17) is 20.8 Å². The Labute approximate surface area is 249 Å². The first-order chi connectivity index (χ1) is 20.2. The second-order valence-corrected chi connectivity index (χ2v) is 12.4. The Morgan fingerprint density at radius 2 is 1.88 bits per heavy atom. The summed E-state index contributed by atoms with van der Waals surface area (Å²) in [5.41, 5.74) is 7.33. The van der Waals surface area contributed by atoms with Crippen LogP contribution in [0.4, 0.5) is 11.6 Å². The molecule has 2 aromatic heterocycles. The average molecular weight is 583 g/mol. The number of anilines is 2. The zero-order valence-corrected chi connectivity index (χ0v) is 24.7. The summed E-state index contributed by atoms with van der Waals surface area (Å²) in [5.74, 6) is 0.691. The van der Waals surface area contributed by atoms with Crippen molar-refractivity contribution in [1.29, 1.82) is 0 Å². The third-order valence-electron chi connectivity index (χ3n) is 9.11. The molecular weight excluding hydrogens is 551 g/mol. The summed E-state index contributed by atoms with van der Waals surface area (Å²) in [5, 5.41) is 18.5. The highest BCUT2D eigenvalue weighted by Crippen LogP contribution is 2.54. The Morgan fingerprint density at radius 1 is 1.10 bits per heavy atom. The molecule has 1 saturated carbocycles. The van der Waals surface area contributed by atoms with Gasteiger partial charge in [-0.05, 0) is 87.3 Å². The highest BCUT2D eigenvalue weighted by molar-refractivity contribution is 6.62. The van der Waals surface area contributed by atoms with Crippen molar-refractivity contribution in [2.75, 3.05) is 23.3 Å². The predicted octanol–water partition coefficient (Wildman–Crippen LogP) is 5.73. The molecular formula is C32H32BClN4O4. The van der Waals surface area contributed by atoms with Gasteiger partial charge >= 0.3 is 7.12 Å². The van der Waals surface area contributed by atoms with Crippen molar-refractivity contribution >= 4 is 52.9 Å². The number of hydrogen-bond donors (Lipinski definition) is 2. The van der Waals surface area contributed by atoms with Crippen molar-refractivity contribution < 1.29 is 14.2 Å². The number of nitrogens with one attached hydrogen (secondary N) is 1. The molecule has 0 amide bonds. The summed E-state index contributed by atoms with van der Waals surface area (Å²) >= 11 is 6.35. The molecule has 2 aliphatic heterocycles. The molecule has 2 fully saturated rings. The molecule has 8 nitrogen and oxygen atoms in total. The van der Waals surface area contributed by atoms with Crippen molar-refractivity contribution in [3.8, 4) is 11.3 Å². The SMILES string of the molecule is Cc1cc([C@@H](C)Nc2ccc(Cl)nc2-c2ccc3c(c2)C=NOB3O)c2oc(N3CCC4(CC3)CC4)c(C)c(=O)c2c1. The fourth-order valence-electron chi connectivity index (χ4n) is 6.38. The molecule has 7 rings (SSSR count). The topological polar surface area (TPSA) is 100 Å². The van der Waals surface area contributed by atoms with Crippen molar-refractivity contribution in [3.63, 3.8) is 0 Å². The normalized spacial score (nSPS) is 17.7. The number of pyridine rings is 1. The second kappa shape index (κ2) is 10.2. The van der Waals surface area contributed by atoms with Crippen molar-refractivity contribution in [2.24, 2.45) is 10.6 Å². The predicted molar refractivity (Wildman–Crippen MR) is 168 cm³/mol. The van der Waals surface area contributed by atoms with Crippen LogP contribution in [-0.4, -0.2) is 36.4 Å². The Balaban J connectivity index is 1.27. The minimum absolute atomic E-state index is 0.0193. The van der Waals surface area contributed by atoms with Gasteiger partial charge in [0.1, 0.15) is 10.7 Å². The molecule has 10 heteroatoms. The van der Waals surface area contributed by atoms with E-state index in [9.17, 15) is 9.82 Å². The van der Waals surface area contributed by atoms with E-state index in [1.54, 1.807) is 18.3 Å². The maximum absolute atomic E-state index is 13.7. The lowest BCUT2D eigenvalue weighted by Gasteiger charge is -2.33. The standard InChI is InChI=1S/C32H32BClN4O4/c1-18-14-23(30-24(15-18)29(39)19(2)31(41-30)38-12-10-32(8-9-32)11-13-38)20(3)36-26-6-7-27(34)37-28(26)21-4-5-25-22(16-21)17-35-42-33(25)40/h4-7,14-17,20,36,40H,8-13H2,1-3H3/t20-/m1/s1. The van der Waals surface area contributed by atoms with Crippen LogP contribution in [-0.2, 0) is 4.76 Å². The Bertz CT molecular complexity index is 1810. The number of oxime groups is 1. The van der Waals surface area contributed by atoms with Crippen molar-refractivity contribution in [3.05, 3.63) is 80.1 Å². The van der Waals surface area contributed by atoms with Gasteiger partial charge in [0, 0.05) is 29.7 Å². The van der Waals surface area contributed by atoms with Crippen LogP contribution in [0.25, 0.3) is 22.2 Å². The summed E-state index contributed by atoms with van der Waals surface area (Å²) in [4.78, 5) is 20.6. The van der Waals surface area contributed by atoms with Crippen LogP contribution in [0, 0.1) is 19.3 Å². The minimum Gasteiger partial charge on any atom is -0.440 e. The summed E-state index contributed by atoms with van der Waals surface area (Å²) in [6.07, 6.45) is 6.52. The molecule has 214 valence electrons. The van der Waals surface area contributed by atoms with E-state index in [-0.39, 0.29) is 11.5 Å². The highest BCUT2D eigenvalue weighted by atomic mass is 35.5. The zero-order valence-electron chi connectivity index (χ0n) is 23.9. The van der Waals surface area contributed by atoms with Crippen LogP contribution in [0.3, 0.4) is 0 Å². The van der Waals surface area contributed by atoms with Gasteiger partial charge in [-0.3, -0.25) is 4.79 Å². The van der Waals surface area contributed by atoms with Crippen molar-refractivity contribution in [1.82, 2.24) is 4.98 Å². The first kappa shape index (κ1) is 27.0. The summed E-state index contributed by atoms with van der Waals surface area (Å²) in [7, 11) is -1.11. The largest absolute Gasteiger partial charge is 0.583 e. The molecule has 1 atom stereocenters. The maximum Gasteiger partial charge on any atom is 0.583 e. The number of fused-ring (bicyclic) bond motifs is 2. The molecule has 1 aliphatic carbocycles. The number of aryl methyl sites for hydroxylation is 1. The van der Waals surface area contributed by atoms with E-state index in [0.717, 1.165) is 53.9 Å². The molecule has 0 bridgehead atoms. The van der Waals surface area contributed by atoms with E-state index < -0.39 is 7.12 Å². The van der Waals surface area contributed by atoms with Crippen LogP contribution in [0.15, 0.2) is 56.8 Å². The lowest BCUT2D eigenvalue weighted by Crippen LogP contribution is -2.37. The molecule has 2 aromatic carbocycles. The first-order valence-electron chi connectivity index (χ1n) is 14.5. The quantitative estimate of drug-likeness (QED) is 0.229. The van der Waals surface area contributed by atoms with Crippen LogP contribution in [0.1, 0.15) is 60.9 Å². The summed E-state index contributed by atoms with van der Waals surface area (Å²) in [6, 6.07) is 13.0. The lowest BCUT2D eigenvalue weighted by molar-refractivity contribution is 0.286. The van der Waals surface area contributed by atoms with E-state index in [1.165, 1.54) is 12.8 Å². The van der Waals surface area contributed by atoms with Gasteiger partial charge in [-0.15, -0.1) is 5.16 Å². The molecule has 1 spiro atoms. The van der Waals surface area contributed by atoms with Crippen LogP contribution in [0.5, 0.6) is 0 Å². The van der Waals surface area contributed by atoms with E-state index in [1.807, 2.05) is 38.1 Å². The van der Waals surface area contributed by atoms with Crippen molar-refractivity contribution in [2.45, 2.75) is 52.5 Å². The van der Waals surface area contributed by atoms with E-state index in [2.05, 4.69) is 33.3 Å². The zero-order chi connectivity index (χ0) is 29.2. The van der Waals surface area contributed by atoms with Gasteiger partial charge in [-0.2, -0.15) is 0 Å². The third-order valence-corrected chi connectivity index (χ3v) is 9.32. The first-order valence-corrected chi connectivity index (χ1v) is 14.9. The Morgan fingerprint density at radius 3 is 2.64 bits per heavy atom. The molecule has 42 heavy (non-hydrogen) atoms. The van der Waals surface area contributed by atoms with Gasteiger partial charge in [0.05, 0.1) is 34.6 Å². The molecule has 4 heterocycles. The van der Waals surface area contributed by atoms with Gasteiger partial charge in [0.2, 0.25) is 5.88 Å². The number of piperidine rings is 1. The van der Waals surface area contributed by atoms with Crippen LogP contribution >= 0.6 is 11.6 Å². The van der Waals surface area contributed by atoms with Crippen LogP contribution in [0.2, 0.25) is 5.15 Å². The monoisotopic (exact) mass is 582 g/mol.